The minimum atomic E-state index is -1.43. The largest absolute Gasteiger partial charge is 0.507 e. The van der Waals surface area contributed by atoms with Crippen LogP contribution in [0.5, 0.6) is 5.75 Å². The number of fused-ring (bicyclic) bond motifs is 4. The highest BCUT2D eigenvalue weighted by atomic mass is 16.3. The SMILES string of the molecule is C=CCc1cccc([C@H]2C3=CC[C@@H]4C(=O)N(c5ccc(Nc6ccccc6)cc5)C(=O)[C@@H]4[C@@H]3C[C@H]3C(=O)C(c4ccccc4)=CC(=O)[C@@]23c2ccccc2)c1O. The van der Waals surface area contributed by atoms with Crippen molar-refractivity contribution in [3.63, 3.8) is 0 Å². The molecule has 2 N–H and O–H groups in total. The molecule has 6 atom stereocenters. The van der Waals surface area contributed by atoms with Crippen molar-refractivity contribution in [3.05, 3.63) is 186 Å². The number of ketones is 2. The number of aromatic hydroxyl groups is 1. The number of carbonyl (C=O) groups excluding carboxylic acids is 4. The minimum absolute atomic E-state index is 0.0351. The van der Waals surface area contributed by atoms with E-state index in [1.165, 1.54) is 11.0 Å². The number of phenols is 1. The number of nitrogens with one attached hydrogen (secondary N) is 1. The van der Waals surface area contributed by atoms with E-state index >= 15 is 9.59 Å². The Morgan fingerprint density at radius 3 is 2.11 bits per heavy atom. The molecule has 3 aliphatic carbocycles. The minimum Gasteiger partial charge on any atom is -0.507 e. The molecule has 0 unspecified atom stereocenters. The summed E-state index contributed by atoms with van der Waals surface area (Å²) in [4.78, 5) is 60.9. The molecule has 7 heteroatoms. The summed E-state index contributed by atoms with van der Waals surface area (Å²) < 4.78 is 0. The van der Waals surface area contributed by atoms with E-state index in [4.69, 9.17) is 0 Å². The van der Waals surface area contributed by atoms with E-state index in [2.05, 4.69) is 11.9 Å². The maximum Gasteiger partial charge on any atom is 0.238 e. The molecule has 1 heterocycles. The molecule has 2 amide bonds. The molecule has 0 radical (unpaired) electrons. The molecule has 56 heavy (non-hydrogen) atoms. The maximum absolute atomic E-state index is 15.3. The van der Waals surface area contributed by atoms with E-state index in [0.717, 1.165) is 16.9 Å². The number of phenolic OH excluding ortho intramolecular Hbond substituents is 1. The predicted octanol–water partition coefficient (Wildman–Crippen LogP) is 8.89. The van der Waals surface area contributed by atoms with E-state index < -0.39 is 35.0 Å². The lowest BCUT2D eigenvalue weighted by Crippen LogP contribution is -2.58. The number of allylic oxidation sites excluding steroid dienone is 5. The average Bonchev–Trinajstić information content (AvgIpc) is 3.49. The van der Waals surface area contributed by atoms with Gasteiger partial charge in [-0.3, -0.25) is 24.1 Å². The number of amides is 2. The fourth-order valence-corrected chi connectivity index (χ4v) is 10.0. The van der Waals surface area contributed by atoms with Gasteiger partial charge in [0.1, 0.15) is 5.75 Å². The lowest BCUT2D eigenvalue weighted by atomic mass is 9.44. The van der Waals surface area contributed by atoms with Crippen LogP contribution < -0.4 is 10.2 Å². The Hall–Kier alpha value is -6.60. The van der Waals surface area contributed by atoms with E-state index in [0.29, 0.717) is 39.9 Å². The van der Waals surface area contributed by atoms with Gasteiger partial charge in [-0.25, -0.2) is 0 Å². The first kappa shape index (κ1) is 35.1. The molecule has 9 rings (SSSR count). The lowest BCUT2D eigenvalue weighted by molar-refractivity contribution is -0.135. The van der Waals surface area contributed by atoms with Gasteiger partial charge in [0.2, 0.25) is 11.8 Å². The van der Waals surface area contributed by atoms with Gasteiger partial charge >= 0.3 is 0 Å². The molecule has 7 nitrogen and oxygen atoms in total. The van der Waals surface area contributed by atoms with Crippen LogP contribution in [0, 0.1) is 23.7 Å². The Balaban J connectivity index is 1.19. The van der Waals surface area contributed by atoms with Crippen molar-refractivity contribution in [2.24, 2.45) is 23.7 Å². The number of benzene rings is 5. The standard InChI is InChI=1S/C49H40N2O5/c1-2-13-31-16-12-21-38(45(31)53)44-36-26-27-37-43(48(56)51(47(37)55)35-24-22-34(23-25-35)50-33-19-10-5-11-20-33)40(36)28-41-46(54)39(30-14-6-3-7-15-30)29-42(52)49(41,44)32-17-8-4-9-18-32/h2-12,14-26,29,37,40-41,43-44,50,53H,1,13,27-28H2/t37-,40+,41-,43-,44+,49-/m0/s1. The molecule has 1 aliphatic heterocycles. The summed E-state index contributed by atoms with van der Waals surface area (Å²) in [6.07, 6.45) is 6.10. The molecule has 276 valence electrons. The van der Waals surface area contributed by atoms with Crippen molar-refractivity contribution in [1.82, 2.24) is 0 Å². The first-order valence-electron chi connectivity index (χ1n) is 19.2. The van der Waals surface area contributed by atoms with E-state index in [-0.39, 0.29) is 42.0 Å². The van der Waals surface area contributed by atoms with E-state index in [1.807, 2.05) is 127 Å². The van der Waals surface area contributed by atoms with E-state index in [1.54, 1.807) is 18.2 Å². The molecule has 4 aliphatic rings. The van der Waals surface area contributed by atoms with Crippen molar-refractivity contribution in [2.75, 3.05) is 10.2 Å². The Bertz CT molecular complexity index is 2460. The van der Waals surface area contributed by atoms with Crippen LogP contribution in [0.4, 0.5) is 17.1 Å². The number of hydrogen-bond donors (Lipinski definition) is 2. The zero-order valence-electron chi connectivity index (χ0n) is 30.7. The average molecular weight is 737 g/mol. The van der Waals surface area contributed by atoms with Crippen LogP contribution in [0.15, 0.2) is 164 Å². The summed E-state index contributed by atoms with van der Waals surface area (Å²) in [5, 5.41) is 15.4. The third kappa shape index (κ3) is 5.41. The number of anilines is 3. The van der Waals surface area contributed by atoms with Crippen LogP contribution in [-0.4, -0.2) is 28.5 Å². The van der Waals surface area contributed by atoms with Gasteiger partial charge in [-0.2, -0.15) is 0 Å². The van der Waals surface area contributed by atoms with Crippen LogP contribution in [0.3, 0.4) is 0 Å². The fourth-order valence-electron chi connectivity index (χ4n) is 10.0. The van der Waals surface area contributed by atoms with Crippen molar-refractivity contribution in [2.45, 2.75) is 30.6 Å². The maximum atomic E-state index is 15.3. The highest BCUT2D eigenvalue weighted by molar-refractivity contribution is 6.32. The first-order valence-corrected chi connectivity index (χ1v) is 19.2. The predicted molar refractivity (Wildman–Crippen MR) is 217 cm³/mol. The second-order valence-corrected chi connectivity index (χ2v) is 15.2. The van der Waals surface area contributed by atoms with Crippen LogP contribution in [0.1, 0.15) is 41.0 Å². The first-order chi connectivity index (χ1) is 27.3. The summed E-state index contributed by atoms with van der Waals surface area (Å²) in [5.41, 5.74) is 4.39. The molecule has 5 aromatic rings. The number of imide groups is 1. The van der Waals surface area contributed by atoms with Crippen molar-refractivity contribution in [1.29, 1.82) is 0 Å². The summed E-state index contributed by atoms with van der Waals surface area (Å²) >= 11 is 0. The Morgan fingerprint density at radius 2 is 1.41 bits per heavy atom. The second-order valence-electron chi connectivity index (χ2n) is 15.2. The lowest BCUT2D eigenvalue weighted by Gasteiger charge is -2.55. The fraction of sp³-hybridized carbons (Fsp3) is 0.184. The quantitative estimate of drug-likeness (QED) is 0.122. The summed E-state index contributed by atoms with van der Waals surface area (Å²) in [7, 11) is 0. The number of carbonyl (C=O) groups is 4. The summed E-state index contributed by atoms with van der Waals surface area (Å²) in [6, 6.07) is 41.1. The third-order valence-electron chi connectivity index (χ3n) is 12.4. The number of hydrogen-bond acceptors (Lipinski definition) is 6. The highest BCUT2D eigenvalue weighted by Crippen LogP contribution is 2.64. The van der Waals surface area contributed by atoms with Crippen LogP contribution in [0.2, 0.25) is 0 Å². The number of rotatable bonds is 8. The van der Waals surface area contributed by atoms with Gasteiger partial charge in [-0.15, -0.1) is 6.58 Å². The molecule has 0 bridgehead atoms. The summed E-state index contributed by atoms with van der Waals surface area (Å²) in [5.74, 6) is -4.62. The molecular formula is C49H40N2O5. The van der Waals surface area contributed by atoms with Crippen LogP contribution in [0.25, 0.3) is 5.57 Å². The van der Waals surface area contributed by atoms with Gasteiger partial charge in [0.25, 0.3) is 0 Å². The molecule has 1 saturated heterocycles. The topological polar surface area (TPSA) is 104 Å². The number of nitrogens with zero attached hydrogens (tertiary/aromatic N) is 1. The molecular weight excluding hydrogens is 697 g/mol. The van der Waals surface area contributed by atoms with Crippen LogP contribution in [-0.2, 0) is 31.0 Å². The van der Waals surface area contributed by atoms with Crippen molar-refractivity contribution >= 4 is 46.0 Å². The number of para-hydroxylation sites is 2. The Kier molecular flexibility index (Phi) is 8.73. The van der Waals surface area contributed by atoms with Gasteiger partial charge in [0.15, 0.2) is 11.6 Å². The van der Waals surface area contributed by atoms with Gasteiger partial charge in [0, 0.05) is 34.3 Å². The Labute approximate surface area is 325 Å². The zero-order chi connectivity index (χ0) is 38.6. The molecule has 5 aromatic carbocycles. The summed E-state index contributed by atoms with van der Waals surface area (Å²) in [6.45, 7) is 3.89. The normalized spacial score (nSPS) is 25.4. The molecule has 2 fully saturated rings. The zero-order valence-corrected chi connectivity index (χ0v) is 30.7. The highest BCUT2D eigenvalue weighted by Gasteiger charge is 2.66. The van der Waals surface area contributed by atoms with Crippen LogP contribution >= 0.6 is 0 Å². The van der Waals surface area contributed by atoms with Gasteiger partial charge in [-0.1, -0.05) is 115 Å². The Morgan fingerprint density at radius 1 is 0.750 bits per heavy atom. The van der Waals surface area contributed by atoms with E-state index in [9.17, 15) is 14.7 Å². The van der Waals surface area contributed by atoms with Crippen molar-refractivity contribution in [3.8, 4) is 5.75 Å². The van der Waals surface area contributed by atoms with Gasteiger partial charge < -0.3 is 10.4 Å². The molecule has 0 spiro atoms. The van der Waals surface area contributed by atoms with Gasteiger partial charge in [-0.05, 0) is 84.3 Å². The molecule has 0 aromatic heterocycles. The van der Waals surface area contributed by atoms with Crippen molar-refractivity contribution < 1.29 is 24.3 Å². The van der Waals surface area contributed by atoms with Gasteiger partial charge in [0.05, 0.1) is 22.9 Å². The number of Topliss-reactive ketones (excluding diaryl/α,β-unsaturated/α-hetero) is 1. The smallest absolute Gasteiger partial charge is 0.238 e. The molecule has 1 saturated carbocycles. The monoisotopic (exact) mass is 736 g/mol. The third-order valence-corrected chi connectivity index (χ3v) is 12.4. The second kappa shape index (κ2) is 13.9.